The number of rotatable bonds is 4. The van der Waals surface area contributed by atoms with Crippen molar-refractivity contribution in [2.75, 3.05) is 19.7 Å². The van der Waals surface area contributed by atoms with Crippen LogP contribution in [0.2, 0.25) is 0 Å². The number of carbonyl (C=O) groups excluding carboxylic acids is 1. The van der Waals surface area contributed by atoms with Gasteiger partial charge in [-0.1, -0.05) is 42.5 Å². The molecule has 1 saturated heterocycles. The number of carbonyl (C=O) groups is 1. The molecule has 29 heavy (non-hydrogen) atoms. The molecule has 1 atom stereocenters. The molecule has 0 N–H and O–H groups in total. The van der Waals surface area contributed by atoms with Gasteiger partial charge in [0.2, 0.25) is 0 Å². The van der Waals surface area contributed by atoms with Gasteiger partial charge in [0.1, 0.15) is 17.5 Å². The van der Waals surface area contributed by atoms with E-state index in [9.17, 15) is 14.0 Å². The van der Waals surface area contributed by atoms with Gasteiger partial charge in [-0.2, -0.15) is 0 Å². The van der Waals surface area contributed by atoms with Gasteiger partial charge in [0.05, 0.1) is 19.7 Å². The van der Waals surface area contributed by atoms with Gasteiger partial charge in [-0.15, -0.1) is 0 Å². The van der Waals surface area contributed by atoms with Crippen molar-refractivity contribution < 1.29 is 13.9 Å². The molecule has 1 unspecified atom stereocenters. The van der Waals surface area contributed by atoms with E-state index in [1.165, 1.54) is 12.1 Å². The summed E-state index contributed by atoms with van der Waals surface area (Å²) in [4.78, 5) is 27.6. The Morgan fingerprint density at radius 1 is 1.03 bits per heavy atom. The quantitative estimate of drug-likeness (QED) is 0.685. The minimum Gasteiger partial charge on any atom is -0.370 e. The lowest BCUT2D eigenvalue weighted by atomic mass is 10.1. The largest absolute Gasteiger partial charge is 0.370 e. The molecule has 4 rings (SSSR count). The van der Waals surface area contributed by atoms with E-state index < -0.39 is 0 Å². The summed E-state index contributed by atoms with van der Waals surface area (Å²) >= 11 is 0. The number of halogens is 1. The normalized spacial score (nSPS) is 16.6. The van der Waals surface area contributed by atoms with Crippen LogP contribution < -0.4 is 5.56 Å². The molecule has 0 aliphatic carbocycles. The van der Waals surface area contributed by atoms with Crippen LogP contribution in [0.15, 0.2) is 77.7 Å². The van der Waals surface area contributed by atoms with Crippen molar-refractivity contribution in [3.63, 3.8) is 0 Å². The van der Waals surface area contributed by atoms with E-state index in [1.807, 2.05) is 30.3 Å². The second-order valence-corrected chi connectivity index (χ2v) is 7.00. The van der Waals surface area contributed by atoms with Crippen LogP contribution in [-0.2, 0) is 11.3 Å². The molecular formula is C23H21FN2O3. The molecule has 1 aromatic heterocycles. The number of benzene rings is 2. The molecule has 6 heteroatoms. The fraction of sp³-hybridized carbons (Fsp3) is 0.217. The van der Waals surface area contributed by atoms with Crippen molar-refractivity contribution in [2.24, 2.45) is 0 Å². The number of hydrogen-bond donors (Lipinski definition) is 0. The average molecular weight is 392 g/mol. The molecule has 0 saturated carbocycles. The SMILES string of the molecule is O=C(c1cccn(Cc2ccccc2)c1=O)N1CCOC(c2ccc(F)cc2)C1. The van der Waals surface area contributed by atoms with E-state index in [-0.39, 0.29) is 29.0 Å². The first-order valence-corrected chi connectivity index (χ1v) is 9.51. The van der Waals surface area contributed by atoms with Crippen LogP contribution in [0, 0.1) is 5.82 Å². The van der Waals surface area contributed by atoms with Crippen LogP contribution in [0.25, 0.3) is 0 Å². The lowest BCUT2D eigenvalue weighted by Crippen LogP contribution is -2.44. The maximum absolute atomic E-state index is 13.2. The highest BCUT2D eigenvalue weighted by molar-refractivity contribution is 5.94. The molecule has 1 fully saturated rings. The zero-order valence-corrected chi connectivity index (χ0v) is 15.8. The van der Waals surface area contributed by atoms with E-state index in [1.54, 1.807) is 39.9 Å². The van der Waals surface area contributed by atoms with Gasteiger partial charge < -0.3 is 14.2 Å². The molecule has 1 aliphatic rings. The Morgan fingerprint density at radius 3 is 2.55 bits per heavy atom. The van der Waals surface area contributed by atoms with Gasteiger partial charge in [0.15, 0.2) is 0 Å². The molecule has 2 aromatic carbocycles. The van der Waals surface area contributed by atoms with Crippen LogP contribution in [0.5, 0.6) is 0 Å². The minimum absolute atomic E-state index is 0.142. The summed E-state index contributed by atoms with van der Waals surface area (Å²) in [6, 6.07) is 19.0. The molecule has 148 valence electrons. The third-order valence-electron chi connectivity index (χ3n) is 5.04. The highest BCUT2D eigenvalue weighted by Gasteiger charge is 2.27. The van der Waals surface area contributed by atoms with Gasteiger partial charge in [-0.25, -0.2) is 4.39 Å². The first-order chi connectivity index (χ1) is 14.1. The second-order valence-electron chi connectivity index (χ2n) is 7.00. The van der Waals surface area contributed by atoms with Crippen molar-refractivity contribution in [3.05, 3.63) is 106 Å². The van der Waals surface area contributed by atoms with E-state index in [0.717, 1.165) is 11.1 Å². The lowest BCUT2D eigenvalue weighted by Gasteiger charge is -2.33. The molecule has 0 bridgehead atoms. The topological polar surface area (TPSA) is 51.5 Å². The predicted octanol–water partition coefficient (Wildman–Crippen LogP) is 3.25. The third-order valence-corrected chi connectivity index (χ3v) is 5.04. The summed E-state index contributed by atoms with van der Waals surface area (Å²) in [7, 11) is 0. The summed E-state index contributed by atoms with van der Waals surface area (Å²) in [6.07, 6.45) is 1.34. The predicted molar refractivity (Wildman–Crippen MR) is 107 cm³/mol. The number of aromatic nitrogens is 1. The van der Waals surface area contributed by atoms with Gasteiger partial charge in [-0.05, 0) is 35.4 Å². The van der Waals surface area contributed by atoms with E-state index in [2.05, 4.69) is 0 Å². The Hall–Kier alpha value is -3.25. The monoisotopic (exact) mass is 392 g/mol. The van der Waals surface area contributed by atoms with Crippen LogP contribution in [0.4, 0.5) is 4.39 Å². The van der Waals surface area contributed by atoms with Crippen molar-refractivity contribution in [1.82, 2.24) is 9.47 Å². The Kier molecular flexibility index (Phi) is 5.53. The Balaban J connectivity index is 1.54. The molecular weight excluding hydrogens is 371 g/mol. The third kappa shape index (κ3) is 4.27. The van der Waals surface area contributed by atoms with Crippen LogP contribution in [-0.4, -0.2) is 35.1 Å². The summed E-state index contributed by atoms with van der Waals surface area (Å²) in [5, 5.41) is 0. The van der Waals surface area contributed by atoms with Gasteiger partial charge in [-0.3, -0.25) is 9.59 Å². The minimum atomic E-state index is -0.344. The molecule has 5 nitrogen and oxygen atoms in total. The van der Waals surface area contributed by atoms with Gasteiger partial charge in [0, 0.05) is 12.7 Å². The van der Waals surface area contributed by atoms with Crippen molar-refractivity contribution in [3.8, 4) is 0 Å². The number of morpholine rings is 1. The highest BCUT2D eigenvalue weighted by Crippen LogP contribution is 2.23. The first-order valence-electron chi connectivity index (χ1n) is 9.51. The fourth-order valence-electron chi connectivity index (χ4n) is 3.49. The molecule has 2 heterocycles. The summed E-state index contributed by atoms with van der Waals surface area (Å²) in [5.41, 5.74) is 1.62. The first kappa shape index (κ1) is 19.1. The number of nitrogens with zero attached hydrogens (tertiary/aromatic N) is 2. The molecule has 1 amide bonds. The summed E-state index contributed by atoms with van der Waals surface area (Å²) < 4.78 is 20.5. The van der Waals surface area contributed by atoms with Crippen molar-refractivity contribution in [2.45, 2.75) is 12.6 Å². The van der Waals surface area contributed by atoms with Gasteiger partial charge >= 0.3 is 0 Å². The lowest BCUT2D eigenvalue weighted by molar-refractivity contribution is -0.0229. The number of hydrogen-bond acceptors (Lipinski definition) is 3. The Morgan fingerprint density at radius 2 is 1.79 bits per heavy atom. The summed E-state index contributed by atoms with van der Waals surface area (Å²) in [5.74, 6) is -0.631. The summed E-state index contributed by atoms with van der Waals surface area (Å²) in [6.45, 7) is 1.49. The zero-order valence-electron chi connectivity index (χ0n) is 15.8. The molecule has 3 aromatic rings. The van der Waals surface area contributed by atoms with E-state index in [0.29, 0.717) is 26.2 Å². The maximum atomic E-state index is 13.2. The molecule has 0 radical (unpaired) electrons. The maximum Gasteiger partial charge on any atom is 0.263 e. The molecule has 1 aliphatic heterocycles. The standard InChI is InChI=1S/C23H21FN2O3/c24-19-10-8-18(9-11-19)21-16-26(13-14-29-21)23(28)20-7-4-12-25(22(20)27)15-17-5-2-1-3-6-17/h1-12,21H,13-16H2. The zero-order chi connectivity index (χ0) is 20.2. The number of amides is 1. The van der Waals surface area contributed by atoms with Crippen LogP contribution >= 0.6 is 0 Å². The van der Waals surface area contributed by atoms with E-state index in [4.69, 9.17) is 4.74 Å². The van der Waals surface area contributed by atoms with Crippen LogP contribution in [0.3, 0.4) is 0 Å². The number of pyridine rings is 1. The van der Waals surface area contributed by atoms with E-state index >= 15 is 0 Å². The van der Waals surface area contributed by atoms with Crippen molar-refractivity contribution >= 4 is 5.91 Å². The Bertz CT molecular complexity index is 1050. The average Bonchev–Trinajstić information content (AvgIpc) is 2.76. The molecule has 0 spiro atoms. The number of ether oxygens (including phenoxy) is 1. The van der Waals surface area contributed by atoms with Gasteiger partial charge in [0.25, 0.3) is 11.5 Å². The van der Waals surface area contributed by atoms with Crippen molar-refractivity contribution in [1.29, 1.82) is 0 Å². The smallest absolute Gasteiger partial charge is 0.263 e. The highest BCUT2D eigenvalue weighted by atomic mass is 19.1. The fourth-order valence-corrected chi connectivity index (χ4v) is 3.49. The van der Waals surface area contributed by atoms with Crippen LogP contribution in [0.1, 0.15) is 27.6 Å². The Labute approximate surface area is 168 Å². The second kappa shape index (κ2) is 8.41.